The molecule has 0 radical (unpaired) electrons. The van der Waals surface area contributed by atoms with Gasteiger partial charge in [0.25, 0.3) is 5.91 Å². The van der Waals surface area contributed by atoms with Crippen molar-refractivity contribution >= 4 is 28.6 Å². The van der Waals surface area contributed by atoms with Gasteiger partial charge in [0.05, 0.1) is 24.3 Å². The summed E-state index contributed by atoms with van der Waals surface area (Å²) in [5.41, 5.74) is 0.910. The molecule has 0 saturated carbocycles. The highest BCUT2D eigenvalue weighted by Crippen LogP contribution is 2.32. The van der Waals surface area contributed by atoms with Gasteiger partial charge in [0.15, 0.2) is 12.2 Å². The minimum atomic E-state index is -2.27. The van der Waals surface area contributed by atoms with Crippen LogP contribution in [0.5, 0.6) is 5.75 Å². The number of fused-ring (bicyclic) bond motifs is 1. The lowest BCUT2D eigenvalue weighted by atomic mass is 9.99. The van der Waals surface area contributed by atoms with Crippen molar-refractivity contribution in [3.05, 3.63) is 41.5 Å². The fourth-order valence-electron chi connectivity index (χ4n) is 4.19. The number of likely N-dealkylation sites (tertiary alicyclic amines) is 1. The molecular weight excluding hydrogens is 482 g/mol. The third-order valence-electron chi connectivity index (χ3n) is 6.17. The van der Waals surface area contributed by atoms with E-state index in [-0.39, 0.29) is 5.91 Å². The summed E-state index contributed by atoms with van der Waals surface area (Å²) in [6, 6.07) is 11.8. The molecule has 200 valence electrons. The van der Waals surface area contributed by atoms with E-state index in [9.17, 15) is 19.6 Å². The summed E-state index contributed by atoms with van der Waals surface area (Å²) in [7, 11) is 1.56. The number of rotatable bonds is 10. The first-order valence-corrected chi connectivity index (χ1v) is 12.0. The fourth-order valence-corrected chi connectivity index (χ4v) is 4.19. The standard InChI is InChI=1S/C22H27N3O2.C4H6O6/c1-3-4-11-25-12-7-8-17(25)15-24-22(26)20-13-16(14-23)18-9-5-6-10-19(18)21(20)27-2;5-1(3(7)8)2(6)4(9)10/h5-6,9-10,13,17H,3-4,7-8,11-12,15H2,1-2H3,(H,24,26);1-2,5-6H,(H,7,8)(H,9,10)/t17-;1-,2-/m00/s1. The predicted octanol–water partition coefficient (Wildman–Crippen LogP) is 1.59. The molecular formula is C26H33N3O8. The zero-order chi connectivity index (χ0) is 27.5. The number of aliphatic hydroxyl groups excluding tert-OH is 2. The Morgan fingerprint density at radius 1 is 1.16 bits per heavy atom. The van der Waals surface area contributed by atoms with Gasteiger partial charge in [-0.1, -0.05) is 37.6 Å². The molecule has 11 heteroatoms. The van der Waals surface area contributed by atoms with Crippen molar-refractivity contribution in [3.8, 4) is 11.8 Å². The largest absolute Gasteiger partial charge is 0.495 e. The number of carbonyl (C=O) groups is 3. The van der Waals surface area contributed by atoms with Crippen LogP contribution in [0.3, 0.4) is 0 Å². The quantitative estimate of drug-likeness (QED) is 0.312. The SMILES string of the molecule is CCCCN1CCC[C@H]1CNC(=O)c1cc(C#N)c2ccccc2c1OC.O=C(O)[C@@H](O)[C@H](O)C(=O)O. The Balaban J connectivity index is 0.000000410. The second kappa shape index (κ2) is 14.1. The number of nitriles is 1. The second-order valence-electron chi connectivity index (χ2n) is 8.62. The summed E-state index contributed by atoms with van der Waals surface area (Å²) >= 11 is 0. The van der Waals surface area contributed by atoms with Crippen LogP contribution in [-0.2, 0) is 9.59 Å². The van der Waals surface area contributed by atoms with E-state index in [2.05, 4.69) is 23.2 Å². The number of amides is 1. The van der Waals surface area contributed by atoms with Gasteiger partial charge < -0.3 is 30.5 Å². The number of hydrogen-bond acceptors (Lipinski definition) is 8. The number of carbonyl (C=O) groups excluding carboxylic acids is 1. The topological polar surface area (TPSA) is 180 Å². The maximum Gasteiger partial charge on any atom is 0.335 e. The van der Waals surface area contributed by atoms with Crippen LogP contribution in [-0.4, -0.2) is 88.2 Å². The Morgan fingerprint density at radius 3 is 2.32 bits per heavy atom. The Labute approximate surface area is 214 Å². The number of aliphatic carboxylic acids is 2. The molecule has 1 amide bonds. The molecule has 1 saturated heterocycles. The lowest BCUT2D eigenvalue weighted by molar-refractivity contribution is -0.165. The van der Waals surface area contributed by atoms with E-state index in [4.69, 9.17) is 25.2 Å². The Bertz CT molecular complexity index is 1130. The normalized spacial score (nSPS) is 16.7. The number of carboxylic acid groups (broad SMARTS) is 2. The minimum absolute atomic E-state index is 0.184. The van der Waals surface area contributed by atoms with Crippen molar-refractivity contribution < 1.29 is 39.5 Å². The Morgan fingerprint density at radius 2 is 1.78 bits per heavy atom. The van der Waals surface area contributed by atoms with Crippen molar-refractivity contribution in [1.29, 1.82) is 5.26 Å². The summed E-state index contributed by atoms with van der Waals surface area (Å²) < 4.78 is 5.54. The van der Waals surface area contributed by atoms with Crippen molar-refractivity contribution in [2.45, 2.75) is 50.9 Å². The van der Waals surface area contributed by atoms with E-state index in [1.807, 2.05) is 24.3 Å². The van der Waals surface area contributed by atoms with Gasteiger partial charge in [-0.15, -0.1) is 0 Å². The lowest BCUT2D eigenvalue weighted by Gasteiger charge is -2.24. The van der Waals surface area contributed by atoms with E-state index in [1.54, 1.807) is 13.2 Å². The average molecular weight is 516 g/mol. The van der Waals surface area contributed by atoms with Crippen molar-refractivity contribution in [2.75, 3.05) is 26.7 Å². The molecule has 1 aliphatic heterocycles. The van der Waals surface area contributed by atoms with E-state index >= 15 is 0 Å². The molecule has 0 aliphatic carbocycles. The number of hydrogen-bond donors (Lipinski definition) is 5. The lowest BCUT2D eigenvalue weighted by Crippen LogP contribution is -2.40. The Hall–Kier alpha value is -3.72. The molecule has 1 heterocycles. The van der Waals surface area contributed by atoms with Crippen LogP contribution in [0.1, 0.15) is 48.5 Å². The van der Waals surface area contributed by atoms with Crippen molar-refractivity contribution in [2.24, 2.45) is 0 Å². The van der Waals surface area contributed by atoms with Crippen LogP contribution in [0.4, 0.5) is 0 Å². The van der Waals surface area contributed by atoms with E-state index < -0.39 is 24.1 Å². The molecule has 0 spiro atoms. The zero-order valence-electron chi connectivity index (χ0n) is 20.9. The van der Waals surface area contributed by atoms with Crippen LogP contribution < -0.4 is 10.1 Å². The van der Waals surface area contributed by atoms with Crippen LogP contribution in [0.15, 0.2) is 30.3 Å². The highest BCUT2D eigenvalue weighted by atomic mass is 16.5. The summed E-state index contributed by atoms with van der Waals surface area (Å²) in [5, 5.41) is 46.7. The van der Waals surface area contributed by atoms with Gasteiger partial charge in [-0.2, -0.15) is 5.26 Å². The molecule has 0 unspecified atom stereocenters. The smallest absolute Gasteiger partial charge is 0.335 e. The molecule has 2 aromatic carbocycles. The summed E-state index contributed by atoms with van der Waals surface area (Å²) in [4.78, 5) is 34.9. The molecule has 37 heavy (non-hydrogen) atoms. The second-order valence-corrected chi connectivity index (χ2v) is 8.62. The monoisotopic (exact) mass is 515 g/mol. The number of ether oxygens (including phenoxy) is 1. The first-order chi connectivity index (χ1) is 17.7. The van der Waals surface area contributed by atoms with E-state index in [0.29, 0.717) is 29.5 Å². The number of nitrogens with zero attached hydrogens (tertiary/aromatic N) is 2. The third-order valence-corrected chi connectivity index (χ3v) is 6.17. The molecule has 1 fully saturated rings. The van der Waals surface area contributed by atoms with Gasteiger partial charge in [-0.3, -0.25) is 9.69 Å². The number of nitrogens with one attached hydrogen (secondary N) is 1. The summed E-state index contributed by atoms with van der Waals surface area (Å²) in [5.74, 6) is -3.20. The zero-order valence-corrected chi connectivity index (χ0v) is 20.9. The summed E-state index contributed by atoms with van der Waals surface area (Å²) in [6.45, 7) is 5.03. The summed E-state index contributed by atoms with van der Waals surface area (Å²) in [6.07, 6.45) is 0.134. The number of aliphatic hydroxyl groups is 2. The highest BCUT2D eigenvalue weighted by Gasteiger charge is 2.29. The number of methoxy groups -OCH3 is 1. The van der Waals surface area contributed by atoms with Gasteiger partial charge in [0, 0.05) is 23.4 Å². The average Bonchev–Trinajstić information content (AvgIpc) is 3.35. The first-order valence-electron chi connectivity index (χ1n) is 12.0. The maximum absolute atomic E-state index is 12.9. The van der Waals surface area contributed by atoms with Gasteiger partial charge in [0.1, 0.15) is 5.75 Å². The molecule has 0 aromatic heterocycles. The highest BCUT2D eigenvalue weighted by molar-refractivity contribution is 6.05. The molecule has 2 aromatic rings. The van der Waals surface area contributed by atoms with Crippen LogP contribution in [0.25, 0.3) is 10.8 Å². The number of benzene rings is 2. The van der Waals surface area contributed by atoms with Crippen LogP contribution in [0.2, 0.25) is 0 Å². The number of carboxylic acids is 2. The van der Waals surface area contributed by atoms with Crippen molar-refractivity contribution in [3.63, 3.8) is 0 Å². The molecule has 1 aliphatic rings. The molecule has 11 nitrogen and oxygen atoms in total. The Kier molecular flexibility index (Phi) is 11.3. The van der Waals surface area contributed by atoms with Gasteiger partial charge in [-0.25, -0.2) is 9.59 Å². The molecule has 3 rings (SSSR count). The van der Waals surface area contributed by atoms with Crippen LogP contribution in [0, 0.1) is 11.3 Å². The molecule has 5 N–H and O–H groups in total. The maximum atomic E-state index is 12.9. The van der Waals surface area contributed by atoms with Gasteiger partial charge in [-0.05, 0) is 38.4 Å². The fraction of sp³-hybridized carbons (Fsp3) is 0.462. The van der Waals surface area contributed by atoms with Gasteiger partial charge >= 0.3 is 11.9 Å². The molecule has 3 atom stereocenters. The van der Waals surface area contributed by atoms with Crippen molar-refractivity contribution in [1.82, 2.24) is 10.2 Å². The predicted molar refractivity (Wildman–Crippen MR) is 134 cm³/mol. The van der Waals surface area contributed by atoms with Crippen LogP contribution >= 0.6 is 0 Å². The van der Waals surface area contributed by atoms with E-state index in [1.165, 1.54) is 19.3 Å². The minimum Gasteiger partial charge on any atom is -0.495 e. The van der Waals surface area contributed by atoms with E-state index in [0.717, 1.165) is 30.3 Å². The third kappa shape index (κ3) is 7.63. The first kappa shape index (κ1) is 29.5. The van der Waals surface area contributed by atoms with Gasteiger partial charge in [0.2, 0.25) is 0 Å². The number of unbranched alkanes of at least 4 members (excludes halogenated alkanes) is 1. The molecule has 0 bridgehead atoms.